The number of aromatic nitrogens is 1. The molecule has 0 bridgehead atoms. The highest BCUT2D eigenvalue weighted by atomic mass is 32.2. The molecule has 4 aromatic rings. The summed E-state index contributed by atoms with van der Waals surface area (Å²) in [6.45, 7) is 0. The fourth-order valence-corrected chi connectivity index (χ4v) is 5.59. The van der Waals surface area contributed by atoms with E-state index in [1.165, 1.54) is 41.0 Å². The van der Waals surface area contributed by atoms with E-state index >= 15 is 0 Å². The number of rotatable bonds is 6. The number of nitriles is 1. The Morgan fingerprint density at radius 2 is 1.74 bits per heavy atom. The van der Waals surface area contributed by atoms with Gasteiger partial charge in [-0.1, -0.05) is 12.1 Å². The van der Waals surface area contributed by atoms with Gasteiger partial charge < -0.3 is 15.4 Å². The molecule has 10 nitrogen and oxygen atoms in total. The third-order valence-corrected chi connectivity index (χ3v) is 7.41. The quantitative estimate of drug-likeness (QED) is 0.357. The fraction of sp³-hybridized carbons (Fsp3) is 0.0435. The number of amides is 1. The molecule has 0 unspecified atom stereocenters. The summed E-state index contributed by atoms with van der Waals surface area (Å²) in [5.41, 5.74) is 6.51. The molecule has 1 heterocycles. The van der Waals surface area contributed by atoms with Gasteiger partial charge in [-0.05, 0) is 54.6 Å². The Morgan fingerprint density at radius 1 is 1.00 bits per heavy atom. The number of primary amides is 1. The smallest absolute Gasteiger partial charge is 0.265 e. The predicted octanol–water partition coefficient (Wildman–Crippen LogP) is 2.51. The third-order valence-electron chi connectivity index (χ3n) is 5.08. The minimum atomic E-state index is -4.16. The SMILES string of the molecule is CS(=O)(=O)Nc1ccc2cc(C(N)=O)n(-c3cccc(S(=O)(=O)c4cc(O)cc(C#N)c4)c3)c2c1. The molecule has 0 atom stereocenters. The lowest BCUT2D eigenvalue weighted by molar-refractivity contribution is 0.0994. The Balaban J connectivity index is 1.92. The molecule has 0 spiro atoms. The van der Waals surface area contributed by atoms with Gasteiger partial charge in [0, 0.05) is 11.1 Å². The molecule has 1 aromatic heterocycles. The van der Waals surface area contributed by atoms with Crippen molar-refractivity contribution < 1.29 is 26.7 Å². The van der Waals surface area contributed by atoms with Crippen LogP contribution < -0.4 is 10.5 Å². The maximum absolute atomic E-state index is 13.3. The average Bonchev–Trinajstić information content (AvgIpc) is 3.16. The monoisotopic (exact) mass is 510 g/mol. The number of aromatic hydroxyl groups is 1. The number of nitrogens with one attached hydrogen (secondary N) is 1. The summed E-state index contributed by atoms with van der Waals surface area (Å²) < 4.78 is 53.7. The van der Waals surface area contributed by atoms with Crippen molar-refractivity contribution in [3.05, 3.63) is 78.0 Å². The van der Waals surface area contributed by atoms with Gasteiger partial charge in [-0.2, -0.15) is 5.26 Å². The second kappa shape index (κ2) is 8.46. The number of phenolic OH excluding ortho intramolecular Hbond substituents is 1. The predicted molar refractivity (Wildman–Crippen MR) is 129 cm³/mol. The number of fused-ring (bicyclic) bond motifs is 1. The van der Waals surface area contributed by atoms with E-state index in [-0.39, 0.29) is 38.2 Å². The van der Waals surface area contributed by atoms with E-state index < -0.39 is 25.8 Å². The normalized spacial score (nSPS) is 11.8. The number of sulfonamides is 1. The van der Waals surface area contributed by atoms with Crippen molar-refractivity contribution in [1.29, 1.82) is 5.26 Å². The zero-order valence-corrected chi connectivity index (χ0v) is 19.8. The van der Waals surface area contributed by atoms with Crippen molar-refractivity contribution in [2.24, 2.45) is 5.73 Å². The Labute approximate surface area is 200 Å². The Kier molecular flexibility index (Phi) is 5.75. The highest BCUT2D eigenvalue weighted by molar-refractivity contribution is 7.92. The van der Waals surface area contributed by atoms with Crippen LogP contribution in [0, 0.1) is 11.3 Å². The van der Waals surface area contributed by atoms with E-state index in [4.69, 9.17) is 11.0 Å². The van der Waals surface area contributed by atoms with E-state index in [9.17, 15) is 26.7 Å². The number of nitrogens with two attached hydrogens (primary N) is 1. The van der Waals surface area contributed by atoms with Crippen LogP contribution >= 0.6 is 0 Å². The molecule has 1 amide bonds. The molecule has 0 aliphatic heterocycles. The van der Waals surface area contributed by atoms with Crippen molar-refractivity contribution in [1.82, 2.24) is 4.57 Å². The number of phenols is 1. The number of carbonyl (C=O) groups excluding carboxylic acids is 1. The molecule has 0 aliphatic rings. The minimum absolute atomic E-state index is 0.0296. The highest BCUT2D eigenvalue weighted by Crippen LogP contribution is 2.31. The number of carbonyl (C=O) groups is 1. The second-order valence-corrected chi connectivity index (χ2v) is 11.4. The minimum Gasteiger partial charge on any atom is -0.508 e. The number of sulfone groups is 1. The summed E-state index contributed by atoms with van der Waals surface area (Å²) in [7, 11) is -7.73. The van der Waals surface area contributed by atoms with Crippen molar-refractivity contribution in [3.8, 4) is 17.5 Å². The lowest BCUT2D eigenvalue weighted by Gasteiger charge is -2.13. The van der Waals surface area contributed by atoms with Crippen molar-refractivity contribution in [3.63, 3.8) is 0 Å². The van der Waals surface area contributed by atoms with E-state index in [2.05, 4.69) is 4.72 Å². The summed E-state index contributed by atoms with van der Waals surface area (Å²) in [6, 6.07) is 16.9. The van der Waals surface area contributed by atoms with Gasteiger partial charge in [-0.3, -0.25) is 9.52 Å². The lowest BCUT2D eigenvalue weighted by atomic mass is 10.2. The number of nitrogens with zero attached hydrogens (tertiary/aromatic N) is 2. The van der Waals surface area contributed by atoms with Crippen LogP contribution in [0.3, 0.4) is 0 Å². The molecule has 0 aliphatic carbocycles. The molecule has 4 N–H and O–H groups in total. The Hall–Kier alpha value is -4.34. The summed E-state index contributed by atoms with van der Waals surface area (Å²) in [6.07, 6.45) is 0.999. The largest absolute Gasteiger partial charge is 0.508 e. The van der Waals surface area contributed by atoms with Crippen molar-refractivity contribution in [2.75, 3.05) is 11.0 Å². The van der Waals surface area contributed by atoms with Gasteiger partial charge in [0.25, 0.3) is 5.91 Å². The molecule has 4 rings (SSSR count). The Morgan fingerprint density at radius 3 is 2.40 bits per heavy atom. The zero-order chi connectivity index (χ0) is 25.5. The van der Waals surface area contributed by atoms with Gasteiger partial charge in [0.2, 0.25) is 19.9 Å². The number of hydrogen-bond donors (Lipinski definition) is 3. The van der Waals surface area contributed by atoms with Gasteiger partial charge in [0.15, 0.2) is 0 Å². The topological polar surface area (TPSA) is 172 Å². The summed E-state index contributed by atoms with van der Waals surface area (Å²) in [5.74, 6) is -1.16. The van der Waals surface area contributed by atoms with Crippen LogP contribution in [0.2, 0.25) is 0 Å². The van der Waals surface area contributed by atoms with Crippen LogP contribution in [0.25, 0.3) is 16.6 Å². The standard InChI is InChI=1S/C23H18N4O6S2/c1-34(30,31)26-16-6-5-15-9-22(23(25)29)27(21(15)10-16)17-3-2-4-19(11-17)35(32,33)20-8-14(13-24)7-18(28)12-20/h2-12,26,28H,1H3,(H2,25,29). The summed E-state index contributed by atoms with van der Waals surface area (Å²) in [5, 5.41) is 19.5. The van der Waals surface area contributed by atoms with Crippen LogP contribution in [-0.2, 0) is 19.9 Å². The van der Waals surface area contributed by atoms with Gasteiger partial charge in [-0.15, -0.1) is 0 Å². The molecule has 12 heteroatoms. The van der Waals surface area contributed by atoms with E-state index in [0.29, 0.717) is 10.9 Å². The van der Waals surface area contributed by atoms with Crippen LogP contribution in [0.4, 0.5) is 5.69 Å². The highest BCUT2D eigenvalue weighted by Gasteiger charge is 2.22. The molecule has 0 fully saturated rings. The van der Waals surface area contributed by atoms with Gasteiger partial charge in [0.1, 0.15) is 11.4 Å². The lowest BCUT2D eigenvalue weighted by Crippen LogP contribution is -2.16. The number of anilines is 1. The first-order chi connectivity index (χ1) is 16.4. The molecule has 178 valence electrons. The van der Waals surface area contributed by atoms with E-state index in [1.807, 2.05) is 0 Å². The molecular weight excluding hydrogens is 492 g/mol. The first kappa shape index (κ1) is 23.8. The third kappa shape index (κ3) is 4.68. The van der Waals surface area contributed by atoms with Crippen LogP contribution in [0.15, 0.2) is 76.5 Å². The summed E-state index contributed by atoms with van der Waals surface area (Å²) in [4.78, 5) is 11.8. The van der Waals surface area contributed by atoms with Crippen molar-refractivity contribution >= 4 is 42.4 Å². The zero-order valence-electron chi connectivity index (χ0n) is 18.1. The second-order valence-electron chi connectivity index (χ2n) is 7.71. The van der Waals surface area contributed by atoms with E-state index in [1.54, 1.807) is 18.2 Å². The van der Waals surface area contributed by atoms with Gasteiger partial charge >= 0.3 is 0 Å². The molecule has 0 saturated heterocycles. The summed E-state index contributed by atoms with van der Waals surface area (Å²) >= 11 is 0. The Bertz CT molecular complexity index is 1770. The maximum Gasteiger partial charge on any atom is 0.265 e. The van der Waals surface area contributed by atoms with Crippen LogP contribution in [-0.4, -0.2) is 38.7 Å². The van der Waals surface area contributed by atoms with Crippen molar-refractivity contribution in [2.45, 2.75) is 9.79 Å². The number of hydrogen-bond acceptors (Lipinski definition) is 7. The first-order valence-corrected chi connectivity index (χ1v) is 13.3. The molecule has 0 saturated carbocycles. The maximum atomic E-state index is 13.3. The number of benzene rings is 3. The van der Waals surface area contributed by atoms with Gasteiger partial charge in [0.05, 0.1) is 38.9 Å². The molecule has 35 heavy (non-hydrogen) atoms. The average molecular weight is 511 g/mol. The molecule has 3 aromatic carbocycles. The van der Waals surface area contributed by atoms with Crippen LogP contribution in [0.1, 0.15) is 16.1 Å². The van der Waals surface area contributed by atoms with Gasteiger partial charge in [-0.25, -0.2) is 16.8 Å². The first-order valence-electron chi connectivity index (χ1n) is 9.92. The molecular formula is C23H18N4O6S2. The van der Waals surface area contributed by atoms with E-state index in [0.717, 1.165) is 24.5 Å². The molecule has 0 radical (unpaired) electrons. The van der Waals surface area contributed by atoms with Crippen LogP contribution in [0.5, 0.6) is 5.75 Å². The fourth-order valence-electron chi connectivity index (χ4n) is 3.67.